The van der Waals surface area contributed by atoms with Gasteiger partial charge in [0.1, 0.15) is 5.75 Å². The van der Waals surface area contributed by atoms with Crippen LogP contribution in [0.25, 0.3) is 0 Å². The number of sulfonamides is 1. The van der Waals surface area contributed by atoms with Crippen molar-refractivity contribution in [3.8, 4) is 5.75 Å². The molecule has 0 spiro atoms. The van der Waals surface area contributed by atoms with E-state index in [1.807, 2.05) is 37.3 Å². The molecule has 0 atom stereocenters. The molecule has 134 valence electrons. The molecule has 7 heteroatoms. The molecule has 0 heterocycles. The SMILES string of the molecule is CCN(C(=O)CCNS(=O)(=O)c1ccc(OC)cc1)c1ccccc1. The molecular formula is C18H22N2O4S. The summed E-state index contributed by atoms with van der Waals surface area (Å²) in [6.07, 6.45) is 0.0815. The van der Waals surface area contributed by atoms with Crippen LogP contribution >= 0.6 is 0 Å². The van der Waals surface area contributed by atoms with Crippen molar-refractivity contribution in [3.05, 3.63) is 54.6 Å². The molecule has 2 rings (SSSR count). The minimum atomic E-state index is -3.65. The summed E-state index contributed by atoms with van der Waals surface area (Å²) in [5.74, 6) is 0.446. The first kappa shape index (κ1) is 19.0. The number of para-hydroxylation sites is 1. The number of nitrogens with one attached hydrogen (secondary N) is 1. The van der Waals surface area contributed by atoms with Gasteiger partial charge in [-0.1, -0.05) is 18.2 Å². The first-order valence-corrected chi connectivity index (χ1v) is 9.45. The number of carbonyl (C=O) groups is 1. The molecule has 1 N–H and O–H groups in total. The van der Waals surface area contributed by atoms with Crippen molar-refractivity contribution >= 4 is 21.6 Å². The number of benzene rings is 2. The van der Waals surface area contributed by atoms with Crippen LogP contribution < -0.4 is 14.4 Å². The van der Waals surface area contributed by atoms with Gasteiger partial charge >= 0.3 is 0 Å². The monoisotopic (exact) mass is 362 g/mol. The lowest BCUT2D eigenvalue weighted by molar-refractivity contribution is -0.118. The maximum atomic E-state index is 12.4. The van der Waals surface area contributed by atoms with Crippen LogP contribution in [-0.4, -0.2) is 34.5 Å². The van der Waals surface area contributed by atoms with Gasteiger partial charge in [-0.2, -0.15) is 0 Å². The summed E-state index contributed by atoms with van der Waals surface area (Å²) in [4.78, 5) is 14.1. The predicted molar refractivity (Wildman–Crippen MR) is 97.3 cm³/mol. The maximum absolute atomic E-state index is 12.4. The van der Waals surface area contributed by atoms with Crippen LogP contribution in [-0.2, 0) is 14.8 Å². The summed E-state index contributed by atoms with van der Waals surface area (Å²) in [6.45, 7) is 2.44. The predicted octanol–water partition coefficient (Wildman–Crippen LogP) is 2.42. The molecule has 25 heavy (non-hydrogen) atoms. The normalized spacial score (nSPS) is 11.1. The Hall–Kier alpha value is -2.38. The van der Waals surface area contributed by atoms with Crippen LogP contribution in [0.1, 0.15) is 13.3 Å². The van der Waals surface area contributed by atoms with Crippen LogP contribution in [0.5, 0.6) is 5.75 Å². The lowest BCUT2D eigenvalue weighted by Gasteiger charge is -2.21. The molecule has 0 aromatic heterocycles. The topological polar surface area (TPSA) is 75.7 Å². The van der Waals surface area contributed by atoms with E-state index in [-0.39, 0.29) is 23.8 Å². The third-order valence-corrected chi connectivity index (χ3v) is 5.16. The lowest BCUT2D eigenvalue weighted by Crippen LogP contribution is -2.34. The van der Waals surface area contributed by atoms with Crippen LogP contribution in [0.3, 0.4) is 0 Å². The quantitative estimate of drug-likeness (QED) is 0.782. The van der Waals surface area contributed by atoms with Crippen molar-refractivity contribution in [3.63, 3.8) is 0 Å². The molecule has 2 aromatic rings. The van der Waals surface area contributed by atoms with Gasteiger partial charge in [0.15, 0.2) is 0 Å². The first-order chi connectivity index (χ1) is 12.0. The molecule has 0 radical (unpaired) electrons. The highest BCUT2D eigenvalue weighted by molar-refractivity contribution is 7.89. The molecule has 0 aliphatic rings. The van der Waals surface area contributed by atoms with Crippen LogP contribution in [0.15, 0.2) is 59.5 Å². The summed E-state index contributed by atoms with van der Waals surface area (Å²) in [7, 11) is -2.14. The largest absolute Gasteiger partial charge is 0.497 e. The van der Waals surface area contributed by atoms with Crippen LogP contribution in [0.2, 0.25) is 0 Å². The van der Waals surface area contributed by atoms with Gasteiger partial charge in [0.25, 0.3) is 0 Å². The third kappa shape index (κ3) is 5.04. The van der Waals surface area contributed by atoms with Crippen molar-refractivity contribution in [2.75, 3.05) is 25.1 Å². The van der Waals surface area contributed by atoms with Gasteiger partial charge in [-0.3, -0.25) is 4.79 Å². The molecule has 0 saturated carbocycles. The molecule has 0 bridgehead atoms. The van der Waals surface area contributed by atoms with E-state index in [0.29, 0.717) is 12.3 Å². The maximum Gasteiger partial charge on any atom is 0.240 e. The number of hydrogen-bond acceptors (Lipinski definition) is 4. The highest BCUT2D eigenvalue weighted by Gasteiger charge is 2.17. The molecule has 0 aliphatic carbocycles. The van der Waals surface area contributed by atoms with E-state index in [1.54, 1.807) is 17.0 Å². The highest BCUT2D eigenvalue weighted by Crippen LogP contribution is 2.16. The fraction of sp³-hybridized carbons (Fsp3) is 0.278. The Kier molecular flexibility index (Phi) is 6.55. The fourth-order valence-corrected chi connectivity index (χ4v) is 3.41. The molecule has 0 unspecified atom stereocenters. The zero-order chi connectivity index (χ0) is 18.3. The van der Waals surface area contributed by atoms with E-state index in [2.05, 4.69) is 4.72 Å². The zero-order valence-electron chi connectivity index (χ0n) is 14.3. The molecule has 2 aromatic carbocycles. The van der Waals surface area contributed by atoms with Gasteiger partial charge in [-0.15, -0.1) is 0 Å². The van der Waals surface area contributed by atoms with Gasteiger partial charge < -0.3 is 9.64 Å². The summed E-state index contributed by atoms with van der Waals surface area (Å²) in [5.41, 5.74) is 0.799. The van der Waals surface area contributed by atoms with Gasteiger partial charge in [-0.05, 0) is 43.3 Å². The van der Waals surface area contributed by atoms with Crippen molar-refractivity contribution < 1.29 is 17.9 Å². The Bertz CT molecular complexity index is 790. The van der Waals surface area contributed by atoms with E-state index >= 15 is 0 Å². The molecule has 0 saturated heterocycles. The van der Waals surface area contributed by atoms with Gasteiger partial charge in [-0.25, -0.2) is 13.1 Å². The van der Waals surface area contributed by atoms with E-state index < -0.39 is 10.0 Å². The Morgan fingerprint density at radius 2 is 1.72 bits per heavy atom. The molecule has 0 aliphatic heterocycles. The summed E-state index contributed by atoms with van der Waals surface area (Å²) in [6, 6.07) is 15.4. The number of methoxy groups -OCH3 is 1. The number of ether oxygens (including phenoxy) is 1. The second kappa shape index (κ2) is 8.64. The number of nitrogens with zero attached hydrogens (tertiary/aromatic N) is 1. The second-order valence-corrected chi connectivity index (χ2v) is 7.06. The number of rotatable bonds is 8. The average molecular weight is 362 g/mol. The van der Waals surface area contributed by atoms with Gasteiger partial charge in [0.05, 0.1) is 12.0 Å². The third-order valence-electron chi connectivity index (χ3n) is 3.69. The summed E-state index contributed by atoms with van der Waals surface area (Å²) >= 11 is 0. The Morgan fingerprint density at radius 3 is 2.28 bits per heavy atom. The number of carbonyl (C=O) groups excluding carboxylic acids is 1. The van der Waals surface area contributed by atoms with E-state index in [4.69, 9.17) is 4.74 Å². The summed E-state index contributed by atoms with van der Waals surface area (Å²) in [5, 5.41) is 0. The lowest BCUT2D eigenvalue weighted by atomic mass is 10.2. The minimum absolute atomic E-state index is 0.0382. The van der Waals surface area contributed by atoms with E-state index in [9.17, 15) is 13.2 Å². The van der Waals surface area contributed by atoms with Gasteiger partial charge in [0.2, 0.25) is 15.9 Å². The van der Waals surface area contributed by atoms with Gasteiger partial charge in [0, 0.05) is 25.2 Å². The number of amides is 1. The number of hydrogen-bond donors (Lipinski definition) is 1. The van der Waals surface area contributed by atoms with E-state index in [1.165, 1.54) is 19.2 Å². The average Bonchev–Trinajstić information content (AvgIpc) is 2.63. The smallest absolute Gasteiger partial charge is 0.240 e. The molecular weight excluding hydrogens is 340 g/mol. The number of anilines is 1. The van der Waals surface area contributed by atoms with Crippen molar-refractivity contribution in [2.45, 2.75) is 18.2 Å². The Balaban J connectivity index is 1.95. The molecule has 1 amide bonds. The molecule has 0 fully saturated rings. The Labute approximate surface area is 148 Å². The van der Waals surface area contributed by atoms with E-state index in [0.717, 1.165) is 5.69 Å². The van der Waals surface area contributed by atoms with Crippen molar-refractivity contribution in [1.82, 2.24) is 4.72 Å². The Morgan fingerprint density at radius 1 is 1.08 bits per heavy atom. The first-order valence-electron chi connectivity index (χ1n) is 7.97. The molecule has 6 nitrogen and oxygen atoms in total. The highest BCUT2D eigenvalue weighted by atomic mass is 32.2. The minimum Gasteiger partial charge on any atom is -0.497 e. The van der Waals surface area contributed by atoms with Crippen LogP contribution in [0, 0.1) is 0 Å². The van der Waals surface area contributed by atoms with Crippen molar-refractivity contribution in [2.24, 2.45) is 0 Å². The van der Waals surface area contributed by atoms with Crippen molar-refractivity contribution in [1.29, 1.82) is 0 Å². The second-order valence-electron chi connectivity index (χ2n) is 5.30. The standard InChI is InChI=1S/C18H22N2O4S/c1-3-20(15-7-5-4-6-8-15)18(21)13-14-19-25(22,23)17-11-9-16(24-2)10-12-17/h4-12,19H,3,13-14H2,1-2H3. The fourth-order valence-electron chi connectivity index (χ4n) is 2.38. The zero-order valence-corrected chi connectivity index (χ0v) is 15.1. The van der Waals surface area contributed by atoms with Crippen LogP contribution in [0.4, 0.5) is 5.69 Å². The summed E-state index contributed by atoms with van der Waals surface area (Å²) < 4.78 is 32.0.